The first-order chi connectivity index (χ1) is 12.4. The minimum atomic E-state index is -1.16. The summed E-state index contributed by atoms with van der Waals surface area (Å²) in [5.74, 6) is 5.68. The number of fused-ring (bicyclic) bond motifs is 1. The summed E-state index contributed by atoms with van der Waals surface area (Å²) in [4.78, 5) is 20.6. The summed E-state index contributed by atoms with van der Waals surface area (Å²) in [6.45, 7) is 0.735. The van der Waals surface area contributed by atoms with Crippen molar-refractivity contribution >= 4 is 44.4 Å². The second-order valence-corrected chi connectivity index (χ2v) is 7.01. The van der Waals surface area contributed by atoms with E-state index >= 15 is 0 Å². The number of anilines is 2. The maximum absolute atomic E-state index is 11.2. The molecule has 1 amide bonds. The lowest BCUT2D eigenvalue weighted by molar-refractivity contribution is 0.117. The molecule has 0 spiro atoms. The van der Waals surface area contributed by atoms with Gasteiger partial charge in [-0.15, -0.1) is 0 Å². The minimum absolute atomic E-state index is 0.324. The molecule has 7 N–H and O–H groups in total. The van der Waals surface area contributed by atoms with E-state index < -0.39 is 18.9 Å². The van der Waals surface area contributed by atoms with Crippen molar-refractivity contribution in [1.29, 1.82) is 0 Å². The van der Waals surface area contributed by atoms with Crippen molar-refractivity contribution < 1.29 is 20.1 Å². The molecule has 1 fully saturated rings. The number of carbonyl (C=O) groups is 1. The van der Waals surface area contributed by atoms with Gasteiger partial charge in [-0.2, -0.15) is 0 Å². The molecule has 2 aromatic rings. The van der Waals surface area contributed by atoms with E-state index in [1.165, 1.54) is 0 Å². The third-order valence-corrected chi connectivity index (χ3v) is 5.03. The number of carboxylic acid groups (broad SMARTS) is 1. The lowest BCUT2D eigenvalue weighted by atomic mass is 10.0. The van der Waals surface area contributed by atoms with E-state index in [-0.39, 0.29) is 6.04 Å². The number of nitrogens with one attached hydrogen (secondary N) is 2. The van der Waals surface area contributed by atoms with Crippen LogP contribution in [0.1, 0.15) is 12.8 Å². The van der Waals surface area contributed by atoms with E-state index in [2.05, 4.69) is 36.1 Å². The largest absolute Gasteiger partial charge is 0.464 e. The molecule has 11 heteroatoms. The molecule has 2 aromatic heterocycles. The quantitative estimate of drug-likeness (QED) is 0.177. The number of pyridine rings is 1. The average molecular weight is 429 g/mol. The van der Waals surface area contributed by atoms with Crippen LogP contribution in [-0.4, -0.2) is 68.4 Å². The van der Waals surface area contributed by atoms with Gasteiger partial charge in [-0.25, -0.2) is 20.6 Å². The Balaban J connectivity index is 1.99. The van der Waals surface area contributed by atoms with Crippen LogP contribution in [0, 0.1) is 0 Å². The summed E-state index contributed by atoms with van der Waals surface area (Å²) in [5.41, 5.74) is 2.03. The van der Waals surface area contributed by atoms with Crippen molar-refractivity contribution in [2.45, 2.75) is 25.1 Å². The molecule has 142 valence electrons. The highest BCUT2D eigenvalue weighted by atomic mass is 79.9. The predicted molar refractivity (Wildman–Crippen MR) is 99.8 cm³/mol. The van der Waals surface area contributed by atoms with Crippen LogP contribution in [0.5, 0.6) is 0 Å². The van der Waals surface area contributed by atoms with Crippen molar-refractivity contribution in [2.24, 2.45) is 5.84 Å². The van der Waals surface area contributed by atoms with Crippen molar-refractivity contribution in [3.63, 3.8) is 0 Å². The van der Waals surface area contributed by atoms with Gasteiger partial charge in [0.25, 0.3) is 0 Å². The van der Waals surface area contributed by atoms with Gasteiger partial charge < -0.3 is 30.5 Å². The number of piperidine rings is 1. The van der Waals surface area contributed by atoms with E-state index in [1.54, 1.807) is 12.4 Å². The number of aromatic nitrogens is 2. The van der Waals surface area contributed by atoms with Crippen LogP contribution in [0.4, 0.5) is 16.2 Å². The van der Waals surface area contributed by atoms with Gasteiger partial charge in [0, 0.05) is 25.5 Å². The molecular weight excluding hydrogens is 408 g/mol. The number of hydrogen-bond donors (Lipinski definition) is 6. The zero-order valence-electron chi connectivity index (χ0n) is 13.9. The molecule has 1 unspecified atom stereocenters. The third-order valence-electron chi connectivity index (χ3n) is 4.45. The normalized spacial score (nSPS) is 18.8. The van der Waals surface area contributed by atoms with Crippen LogP contribution in [-0.2, 0) is 0 Å². The SMILES string of the molecule is NN(C(=O)O)[C@@H]1CCCN(c2c(Br)cnc3[nH]cc(NC(O)CO)c23)C1. The highest BCUT2D eigenvalue weighted by Crippen LogP contribution is 2.39. The Hall–Kier alpha value is -2.08. The van der Waals surface area contributed by atoms with Crippen molar-refractivity contribution in [2.75, 3.05) is 29.9 Å². The van der Waals surface area contributed by atoms with Gasteiger partial charge >= 0.3 is 6.09 Å². The maximum Gasteiger partial charge on any atom is 0.421 e. The van der Waals surface area contributed by atoms with Crippen molar-refractivity contribution in [3.8, 4) is 0 Å². The summed E-state index contributed by atoms with van der Waals surface area (Å²) in [6, 6.07) is -0.324. The molecule has 26 heavy (non-hydrogen) atoms. The molecule has 0 aromatic carbocycles. The molecule has 3 heterocycles. The second-order valence-electron chi connectivity index (χ2n) is 6.16. The van der Waals surface area contributed by atoms with Crippen LogP contribution >= 0.6 is 15.9 Å². The summed E-state index contributed by atoms with van der Waals surface area (Å²) < 4.78 is 0.741. The summed E-state index contributed by atoms with van der Waals surface area (Å²) in [6.07, 6.45) is 2.54. The molecule has 1 saturated heterocycles. The molecule has 3 rings (SSSR count). The molecule has 0 saturated carbocycles. The van der Waals surface area contributed by atoms with E-state index in [9.17, 15) is 9.90 Å². The maximum atomic E-state index is 11.2. The van der Waals surface area contributed by atoms with Gasteiger partial charge in [0.2, 0.25) is 0 Å². The monoisotopic (exact) mass is 428 g/mol. The van der Waals surface area contributed by atoms with Crippen LogP contribution in [0.3, 0.4) is 0 Å². The number of H-pyrrole nitrogens is 1. The summed E-state index contributed by atoms with van der Waals surface area (Å²) >= 11 is 3.52. The Morgan fingerprint density at radius 1 is 1.62 bits per heavy atom. The Kier molecular flexibility index (Phi) is 5.51. The van der Waals surface area contributed by atoms with Gasteiger partial charge in [-0.3, -0.25) is 0 Å². The zero-order chi connectivity index (χ0) is 18.8. The topological polar surface area (TPSA) is 151 Å². The van der Waals surface area contributed by atoms with Crippen molar-refractivity contribution in [3.05, 3.63) is 16.9 Å². The van der Waals surface area contributed by atoms with E-state index in [0.29, 0.717) is 24.3 Å². The zero-order valence-corrected chi connectivity index (χ0v) is 15.5. The first kappa shape index (κ1) is 18.7. The molecule has 0 aliphatic carbocycles. The van der Waals surface area contributed by atoms with Gasteiger partial charge in [0.15, 0.2) is 0 Å². The van der Waals surface area contributed by atoms with Crippen LogP contribution in [0.2, 0.25) is 0 Å². The van der Waals surface area contributed by atoms with Gasteiger partial charge in [0.1, 0.15) is 11.9 Å². The summed E-state index contributed by atoms with van der Waals surface area (Å²) in [5, 5.41) is 32.4. The number of rotatable bonds is 5. The van der Waals surface area contributed by atoms with Gasteiger partial charge in [-0.1, -0.05) is 0 Å². The number of aromatic amines is 1. The number of nitrogens with zero attached hydrogens (tertiary/aromatic N) is 3. The average Bonchev–Trinajstić information content (AvgIpc) is 3.03. The number of halogens is 1. The molecule has 1 aliphatic heterocycles. The highest BCUT2D eigenvalue weighted by molar-refractivity contribution is 9.10. The molecule has 0 radical (unpaired) electrons. The number of hydrogen-bond acceptors (Lipinski definition) is 7. The number of hydrazine groups is 1. The minimum Gasteiger partial charge on any atom is -0.464 e. The lowest BCUT2D eigenvalue weighted by Crippen LogP contribution is -2.53. The fourth-order valence-electron chi connectivity index (χ4n) is 3.24. The standard InChI is InChI=1S/C15H21BrN6O4/c16-9-4-18-14-12(10(5-19-14)20-11(24)7-23)13(9)21-3-1-2-8(6-21)22(17)15(25)26/h4-5,8,11,20,23-24H,1-3,6-7,17H2,(H,18,19)(H,25,26)/t8-,11?/m1/s1. The molecule has 10 nitrogen and oxygen atoms in total. The Morgan fingerprint density at radius 2 is 2.38 bits per heavy atom. The first-order valence-corrected chi connectivity index (χ1v) is 8.94. The molecule has 2 atom stereocenters. The van der Waals surface area contributed by atoms with Crippen LogP contribution in [0.25, 0.3) is 11.0 Å². The Labute approximate surface area is 157 Å². The Morgan fingerprint density at radius 3 is 3.08 bits per heavy atom. The fraction of sp³-hybridized carbons (Fsp3) is 0.467. The molecule has 1 aliphatic rings. The molecule has 0 bridgehead atoms. The van der Waals surface area contributed by atoms with Crippen molar-refractivity contribution in [1.82, 2.24) is 15.0 Å². The van der Waals surface area contributed by atoms with Gasteiger partial charge in [-0.05, 0) is 28.8 Å². The van der Waals surface area contributed by atoms with Crippen LogP contribution < -0.4 is 16.1 Å². The highest BCUT2D eigenvalue weighted by Gasteiger charge is 2.29. The fourth-order valence-corrected chi connectivity index (χ4v) is 3.80. The first-order valence-electron chi connectivity index (χ1n) is 8.15. The molecular formula is C15H21BrN6O4. The van der Waals surface area contributed by atoms with E-state index in [0.717, 1.165) is 33.5 Å². The summed E-state index contributed by atoms with van der Waals surface area (Å²) in [7, 11) is 0. The van der Waals surface area contributed by atoms with E-state index in [1.807, 2.05) is 0 Å². The second kappa shape index (κ2) is 7.66. The smallest absolute Gasteiger partial charge is 0.421 e. The van der Waals surface area contributed by atoms with E-state index in [4.69, 9.17) is 16.1 Å². The number of nitrogens with two attached hydrogens (primary N) is 1. The van der Waals surface area contributed by atoms with Crippen LogP contribution in [0.15, 0.2) is 16.9 Å². The lowest BCUT2D eigenvalue weighted by Gasteiger charge is -2.38. The number of amides is 1. The number of aliphatic hydroxyl groups is 2. The van der Waals surface area contributed by atoms with Gasteiger partial charge in [0.05, 0.1) is 33.9 Å². The third kappa shape index (κ3) is 3.56. The Bertz CT molecular complexity index is 800. The number of aliphatic hydroxyl groups excluding tert-OH is 2. The predicted octanol–water partition coefficient (Wildman–Crippen LogP) is 0.870.